The number of aryl methyl sites for hydroxylation is 1. The first-order valence-corrected chi connectivity index (χ1v) is 11.2. The van der Waals surface area contributed by atoms with E-state index in [4.69, 9.17) is 9.47 Å². The number of carbonyl (C=O) groups excluding carboxylic acids is 3. The van der Waals surface area contributed by atoms with Gasteiger partial charge < -0.3 is 14.8 Å². The first kappa shape index (κ1) is 21.2. The number of anilines is 1. The summed E-state index contributed by atoms with van der Waals surface area (Å²) < 4.78 is 10.0. The Kier molecular flexibility index (Phi) is 7.13. The molecule has 1 N–H and O–H groups in total. The molecule has 0 radical (unpaired) electrons. The van der Waals surface area contributed by atoms with Gasteiger partial charge in [-0.2, -0.15) is 0 Å². The Hall–Kier alpha value is -2.56. The normalized spacial score (nSPS) is 10.6. The molecule has 0 aromatic carbocycles. The van der Waals surface area contributed by atoms with E-state index in [9.17, 15) is 14.4 Å². The minimum absolute atomic E-state index is 0.000270. The number of thiophene rings is 2. The van der Waals surface area contributed by atoms with Crippen LogP contribution in [-0.4, -0.2) is 36.0 Å². The molecule has 0 atom stereocenters. The van der Waals surface area contributed by atoms with Crippen molar-refractivity contribution in [2.75, 3.05) is 18.5 Å². The number of aromatic nitrogens is 1. The molecule has 3 aromatic rings. The van der Waals surface area contributed by atoms with Crippen molar-refractivity contribution in [3.8, 4) is 9.88 Å². The van der Waals surface area contributed by atoms with Crippen molar-refractivity contribution < 1.29 is 23.9 Å². The minimum Gasteiger partial charge on any atom is -0.462 e. The van der Waals surface area contributed by atoms with Crippen LogP contribution in [0, 0.1) is 6.92 Å². The highest BCUT2D eigenvalue weighted by Gasteiger charge is 2.17. The van der Waals surface area contributed by atoms with Crippen LogP contribution in [-0.2, 0) is 25.5 Å². The molecule has 0 unspecified atom stereocenters. The SMILES string of the molecule is CCOC(=O)c1sc(NC(=O)COC(=O)Cc2csc(-c3cccs3)n2)cc1C. The summed E-state index contributed by atoms with van der Waals surface area (Å²) in [4.78, 5) is 41.8. The molecule has 3 heterocycles. The predicted molar refractivity (Wildman–Crippen MR) is 114 cm³/mol. The number of hydrogen-bond acceptors (Lipinski definition) is 9. The van der Waals surface area contributed by atoms with E-state index in [1.807, 2.05) is 22.9 Å². The number of amides is 1. The van der Waals surface area contributed by atoms with Crippen molar-refractivity contribution in [3.63, 3.8) is 0 Å². The first-order chi connectivity index (χ1) is 14.0. The van der Waals surface area contributed by atoms with E-state index in [-0.39, 0.29) is 13.0 Å². The van der Waals surface area contributed by atoms with Crippen LogP contribution < -0.4 is 5.32 Å². The third kappa shape index (κ3) is 5.72. The van der Waals surface area contributed by atoms with E-state index in [0.29, 0.717) is 21.1 Å². The first-order valence-electron chi connectivity index (χ1n) is 8.67. The smallest absolute Gasteiger partial charge is 0.348 e. The fraction of sp³-hybridized carbons (Fsp3) is 0.263. The van der Waals surface area contributed by atoms with Gasteiger partial charge in [0.15, 0.2) is 6.61 Å². The molecule has 0 spiro atoms. The standard InChI is InChI=1S/C19H18N2O5S3/c1-3-25-19(24)17-11(2)7-15(29-17)21-14(22)9-26-16(23)8-12-10-28-18(20-12)13-5-4-6-27-13/h4-7,10H,3,8-9H2,1-2H3,(H,21,22). The lowest BCUT2D eigenvalue weighted by Gasteiger charge is -2.04. The number of hydrogen-bond donors (Lipinski definition) is 1. The van der Waals surface area contributed by atoms with Gasteiger partial charge in [0.25, 0.3) is 5.91 Å². The molecule has 0 aliphatic carbocycles. The Morgan fingerprint density at radius 1 is 1.21 bits per heavy atom. The second-order valence-electron chi connectivity index (χ2n) is 5.85. The zero-order valence-electron chi connectivity index (χ0n) is 15.7. The summed E-state index contributed by atoms with van der Waals surface area (Å²) in [5.74, 6) is -1.43. The van der Waals surface area contributed by atoms with Gasteiger partial charge in [0, 0.05) is 5.38 Å². The Bertz CT molecular complexity index is 1010. The summed E-state index contributed by atoms with van der Waals surface area (Å²) >= 11 is 4.16. The van der Waals surface area contributed by atoms with Crippen molar-refractivity contribution in [2.45, 2.75) is 20.3 Å². The van der Waals surface area contributed by atoms with Crippen LogP contribution in [0.3, 0.4) is 0 Å². The molecular formula is C19H18N2O5S3. The number of ether oxygens (including phenoxy) is 2. The minimum atomic E-state index is -0.530. The summed E-state index contributed by atoms with van der Waals surface area (Å²) in [6, 6.07) is 5.59. The lowest BCUT2D eigenvalue weighted by atomic mass is 10.3. The number of carbonyl (C=O) groups is 3. The monoisotopic (exact) mass is 450 g/mol. The van der Waals surface area contributed by atoms with Crippen LogP contribution in [0.4, 0.5) is 5.00 Å². The third-order valence-electron chi connectivity index (χ3n) is 3.61. The van der Waals surface area contributed by atoms with E-state index in [2.05, 4.69) is 10.3 Å². The fourth-order valence-corrected chi connectivity index (χ4v) is 4.98. The van der Waals surface area contributed by atoms with Crippen LogP contribution >= 0.6 is 34.0 Å². The Balaban J connectivity index is 1.47. The van der Waals surface area contributed by atoms with E-state index >= 15 is 0 Å². The van der Waals surface area contributed by atoms with Crippen molar-refractivity contribution in [1.29, 1.82) is 0 Å². The van der Waals surface area contributed by atoms with Crippen molar-refractivity contribution in [1.82, 2.24) is 4.98 Å². The summed E-state index contributed by atoms with van der Waals surface area (Å²) in [6.45, 7) is 3.36. The molecule has 0 fully saturated rings. The van der Waals surface area contributed by atoms with Crippen LogP contribution in [0.1, 0.15) is 27.9 Å². The molecule has 29 heavy (non-hydrogen) atoms. The predicted octanol–water partition coefficient (Wildman–Crippen LogP) is 4.14. The zero-order chi connectivity index (χ0) is 20.8. The van der Waals surface area contributed by atoms with E-state index in [0.717, 1.165) is 21.2 Å². The van der Waals surface area contributed by atoms with Gasteiger partial charge in [-0.1, -0.05) is 6.07 Å². The average molecular weight is 451 g/mol. The van der Waals surface area contributed by atoms with Crippen molar-refractivity contribution in [3.05, 3.63) is 45.1 Å². The summed E-state index contributed by atoms with van der Waals surface area (Å²) in [6.07, 6.45) is 0.000270. The van der Waals surface area contributed by atoms with E-state index in [1.54, 1.807) is 31.3 Å². The third-order valence-corrected chi connectivity index (χ3v) is 6.68. The molecule has 3 rings (SSSR count). The maximum absolute atomic E-state index is 12.0. The Morgan fingerprint density at radius 2 is 2.03 bits per heavy atom. The lowest BCUT2D eigenvalue weighted by molar-refractivity contribution is -0.146. The largest absolute Gasteiger partial charge is 0.462 e. The van der Waals surface area contributed by atoms with E-state index < -0.39 is 24.5 Å². The Morgan fingerprint density at radius 3 is 2.76 bits per heavy atom. The fourth-order valence-electron chi connectivity index (χ4n) is 2.36. The van der Waals surface area contributed by atoms with Crippen LogP contribution in [0.25, 0.3) is 9.88 Å². The molecule has 0 aliphatic rings. The van der Waals surface area contributed by atoms with Gasteiger partial charge in [0.05, 0.1) is 28.6 Å². The van der Waals surface area contributed by atoms with Crippen molar-refractivity contribution in [2.24, 2.45) is 0 Å². The number of thiazole rings is 1. The van der Waals surface area contributed by atoms with Gasteiger partial charge in [-0.25, -0.2) is 9.78 Å². The highest BCUT2D eigenvalue weighted by atomic mass is 32.1. The van der Waals surface area contributed by atoms with Gasteiger partial charge in [-0.05, 0) is 36.9 Å². The maximum atomic E-state index is 12.0. The highest BCUT2D eigenvalue weighted by Crippen LogP contribution is 2.28. The van der Waals surface area contributed by atoms with Gasteiger partial charge in [0.1, 0.15) is 9.88 Å². The van der Waals surface area contributed by atoms with Crippen LogP contribution in [0.15, 0.2) is 29.0 Å². The van der Waals surface area contributed by atoms with Gasteiger partial charge in [0.2, 0.25) is 0 Å². The number of nitrogens with one attached hydrogen (secondary N) is 1. The van der Waals surface area contributed by atoms with Crippen LogP contribution in [0.5, 0.6) is 0 Å². The molecule has 0 aliphatic heterocycles. The van der Waals surface area contributed by atoms with Crippen molar-refractivity contribution >= 4 is 56.9 Å². The Labute approximate surface area is 179 Å². The second-order valence-corrected chi connectivity index (χ2v) is 8.71. The molecule has 3 aromatic heterocycles. The van der Waals surface area contributed by atoms with Gasteiger partial charge in [-0.15, -0.1) is 34.0 Å². The molecule has 0 saturated heterocycles. The molecule has 0 saturated carbocycles. The zero-order valence-corrected chi connectivity index (χ0v) is 18.2. The topological polar surface area (TPSA) is 94.6 Å². The molecule has 10 heteroatoms. The summed E-state index contributed by atoms with van der Waals surface area (Å²) in [5, 5.41) is 7.74. The number of nitrogens with zero attached hydrogens (tertiary/aromatic N) is 1. The number of rotatable bonds is 8. The molecule has 7 nitrogen and oxygen atoms in total. The second kappa shape index (κ2) is 9.77. The molecule has 152 valence electrons. The molecular weight excluding hydrogens is 432 g/mol. The molecule has 0 bridgehead atoms. The maximum Gasteiger partial charge on any atom is 0.348 e. The van der Waals surface area contributed by atoms with Gasteiger partial charge in [-0.3, -0.25) is 9.59 Å². The van der Waals surface area contributed by atoms with Crippen LogP contribution in [0.2, 0.25) is 0 Å². The summed E-state index contributed by atoms with van der Waals surface area (Å²) in [7, 11) is 0. The average Bonchev–Trinajstić information content (AvgIpc) is 3.41. The number of esters is 2. The highest BCUT2D eigenvalue weighted by molar-refractivity contribution is 7.20. The lowest BCUT2D eigenvalue weighted by Crippen LogP contribution is -2.21. The van der Waals surface area contributed by atoms with E-state index in [1.165, 1.54) is 11.3 Å². The molecule has 1 amide bonds. The summed E-state index contributed by atoms with van der Waals surface area (Å²) in [5.41, 5.74) is 1.32. The van der Waals surface area contributed by atoms with Gasteiger partial charge >= 0.3 is 11.9 Å². The quantitative estimate of drug-likeness (QED) is 0.518.